The Labute approximate surface area is 156 Å². The second kappa shape index (κ2) is 6.40. The van der Waals surface area contributed by atoms with Gasteiger partial charge in [-0.1, -0.05) is 18.2 Å². The number of nitrogens with one attached hydrogen (secondary N) is 1. The molecule has 3 aromatic rings. The number of amides is 1. The van der Waals surface area contributed by atoms with Crippen molar-refractivity contribution in [3.63, 3.8) is 0 Å². The zero-order valence-corrected chi connectivity index (χ0v) is 15.1. The third-order valence-electron chi connectivity index (χ3n) is 4.01. The molecule has 7 nitrogen and oxygen atoms in total. The molecule has 2 heterocycles. The van der Waals surface area contributed by atoms with Crippen LogP contribution in [0.5, 0.6) is 0 Å². The predicted molar refractivity (Wildman–Crippen MR) is 102 cm³/mol. The van der Waals surface area contributed by atoms with Gasteiger partial charge in [-0.25, -0.2) is 0 Å². The lowest BCUT2D eigenvalue weighted by molar-refractivity contribution is -0.114. The van der Waals surface area contributed by atoms with Crippen molar-refractivity contribution in [2.45, 2.75) is 11.8 Å². The molecule has 27 heavy (non-hydrogen) atoms. The summed E-state index contributed by atoms with van der Waals surface area (Å²) in [5.41, 5.74) is 2.13. The van der Waals surface area contributed by atoms with E-state index in [9.17, 15) is 13.2 Å². The monoisotopic (exact) mass is 381 g/mol. The summed E-state index contributed by atoms with van der Waals surface area (Å²) < 4.78 is 34.8. The SMILES string of the molecule is CC(=O)Nc1ccc2c(c1)S(=O)(=O)N=C(c1ccoc1)N2c1ccccc1. The molecule has 2 aromatic carbocycles. The Hall–Kier alpha value is -3.39. The van der Waals surface area contributed by atoms with E-state index in [1.54, 1.807) is 23.1 Å². The van der Waals surface area contributed by atoms with E-state index in [2.05, 4.69) is 9.71 Å². The average Bonchev–Trinajstić information content (AvgIpc) is 3.16. The van der Waals surface area contributed by atoms with Gasteiger partial charge in [0.2, 0.25) is 5.91 Å². The van der Waals surface area contributed by atoms with Crippen LogP contribution in [0.4, 0.5) is 17.1 Å². The van der Waals surface area contributed by atoms with Crippen LogP contribution < -0.4 is 10.2 Å². The molecular formula is C19H15N3O4S. The Morgan fingerprint density at radius 3 is 2.56 bits per heavy atom. The van der Waals surface area contributed by atoms with Crippen molar-refractivity contribution >= 4 is 38.8 Å². The lowest BCUT2D eigenvalue weighted by atomic mass is 10.1. The summed E-state index contributed by atoms with van der Waals surface area (Å²) in [6, 6.07) is 15.7. The molecule has 1 N–H and O–H groups in total. The fourth-order valence-corrected chi connectivity index (χ4v) is 4.13. The van der Waals surface area contributed by atoms with E-state index in [-0.39, 0.29) is 16.6 Å². The first-order chi connectivity index (χ1) is 13.0. The summed E-state index contributed by atoms with van der Waals surface area (Å²) in [6.45, 7) is 1.36. The van der Waals surface area contributed by atoms with Gasteiger partial charge in [0.1, 0.15) is 11.2 Å². The van der Waals surface area contributed by atoms with Gasteiger partial charge in [0, 0.05) is 18.3 Å². The number of anilines is 3. The van der Waals surface area contributed by atoms with Gasteiger partial charge in [-0.3, -0.25) is 9.69 Å². The highest BCUT2D eigenvalue weighted by Gasteiger charge is 2.33. The molecule has 0 saturated heterocycles. The summed E-state index contributed by atoms with van der Waals surface area (Å²) in [4.78, 5) is 13.1. The molecule has 0 spiro atoms. The van der Waals surface area contributed by atoms with Gasteiger partial charge in [-0.05, 0) is 36.4 Å². The summed E-state index contributed by atoms with van der Waals surface area (Å²) in [5, 5.41) is 2.60. The first kappa shape index (κ1) is 17.0. The van der Waals surface area contributed by atoms with Crippen LogP contribution in [0.15, 0.2) is 80.8 Å². The fraction of sp³-hybridized carbons (Fsp3) is 0.0526. The summed E-state index contributed by atoms with van der Waals surface area (Å²) in [7, 11) is -3.96. The zero-order chi connectivity index (χ0) is 19.0. The number of amidine groups is 1. The highest BCUT2D eigenvalue weighted by molar-refractivity contribution is 7.90. The first-order valence-corrected chi connectivity index (χ1v) is 9.54. The summed E-state index contributed by atoms with van der Waals surface area (Å²) in [6.07, 6.45) is 2.91. The normalized spacial score (nSPS) is 15.0. The number of fused-ring (bicyclic) bond motifs is 1. The topological polar surface area (TPSA) is 92.0 Å². The molecule has 1 aliphatic rings. The van der Waals surface area contributed by atoms with Crippen LogP contribution in [0.3, 0.4) is 0 Å². The molecule has 0 bridgehead atoms. The van der Waals surface area contributed by atoms with Crippen LogP contribution in [-0.4, -0.2) is 20.2 Å². The molecule has 0 unspecified atom stereocenters. The van der Waals surface area contributed by atoms with Gasteiger partial charge in [0.05, 0.1) is 17.5 Å². The largest absolute Gasteiger partial charge is 0.472 e. The second-order valence-corrected chi connectivity index (χ2v) is 7.51. The Kier molecular flexibility index (Phi) is 4.04. The van der Waals surface area contributed by atoms with Crippen molar-refractivity contribution in [2.75, 3.05) is 10.2 Å². The van der Waals surface area contributed by atoms with Crippen LogP contribution in [0.25, 0.3) is 0 Å². The third kappa shape index (κ3) is 3.11. The van der Waals surface area contributed by atoms with Gasteiger partial charge in [0.25, 0.3) is 10.0 Å². The van der Waals surface area contributed by atoms with Gasteiger partial charge < -0.3 is 9.73 Å². The molecule has 8 heteroatoms. The molecule has 1 amide bonds. The third-order valence-corrected chi connectivity index (χ3v) is 5.31. The van der Waals surface area contributed by atoms with E-state index in [0.29, 0.717) is 16.9 Å². The number of hydrogen-bond donors (Lipinski definition) is 1. The highest BCUT2D eigenvalue weighted by atomic mass is 32.2. The Balaban J connectivity index is 1.96. The molecule has 1 aromatic heterocycles. The minimum absolute atomic E-state index is 0.0184. The van der Waals surface area contributed by atoms with Crippen LogP contribution in [-0.2, 0) is 14.8 Å². The van der Waals surface area contributed by atoms with Gasteiger partial charge in [-0.2, -0.15) is 8.42 Å². The lowest BCUT2D eigenvalue weighted by Gasteiger charge is -2.30. The zero-order valence-electron chi connectivity index (χ0n) is 14.3. The molecule has 0 saturated carbocycles. The summed E-state index contributed by atoms with van der Waals surface area (Å²) in [5.74, 6) is -0.0413. The molecular weight excluding hydrogens is 366 g/mol. The van der Waals surface area contributed by atoms with Crippen LogP contribution in [0, 0.1) is 0 Å². The minimum Gasteiger partial charge on any atom is -0.472 e. The van der Waals surface area contributed by atoms with Crippen LogP contribution in [0.1, 0.15) is 12.5 Å². The van der Waals surface area contributed by atoms with Crippen molar-refractivity contribution in [3.05, 3.63) is 72.7 Å². The first-order valence-electron chi connectivity index (χ1n) is 8.10. The maximum absolute atomic E-state index is 12.8. The molecule has 0 fully saturated rings. The average molecular weight is 381 g/mol. The number of nitrogens with zero attached hydrogens (tertiary/aromatic N) is 2. The maximum atomic E-state index is 12.8. The number of sulfonamides is 1. The Morgan fingerprint density at radius 1 is 1.11 bits per heavy atom. The predicted octanol–water partition coefficient (Wildman–Crippen LogP) is 3.53. The van der Waals surface area contributed by atoms with Crippen molar-refractivity contribution < 1.29 is 17.6 Å². The number of carbonyl (C=O) groups is 1. The van der Waals surface area contributed by atoms with Crippen molar-refractivity contribution in [3.8, 4) is 0 Å². The van der Waals surface area contributed by atoms with Gasteiger partial charge in [0.15, 0.2) is 5.84 Å². The van der Waals surface area contributed by atoms with E-state index in [4.69, 9.17) is 4.42 Å². The second-order valence-electron chi connectivity index (χ2n) is 5.94. The highest BCUT2D eigenvalue weighted by Crippen LogP contribution is 2.39. The van der Waals surface area contributed by atoms with Crippen LogP contribution in [0.2, 0.25) is 0 Å². The minimum atomic E-state index is -3.96. The number of benzene rings is 2. The van der Waals surface area contributed by atoms with Crippen LogP contribution >= 0.6 is 0 Å². The van der Waals surface area contributed by atoms with Gasteiger partial charge >= 0.3 is 0 Å². The van der Waals surface area contributed by atoms with Crippen molar-refractivity contribution in [1.82, 2.24) is 0 Å². The number of hydrogen-bond acceptors (Lipinski definition) is 5. The fourth-order valence-electron chi connectivity index (χ4n) is 2.92. The Morgan fingerprint density at radius 2 is 1.89 bits per heavy atom. The lowest BCUT2D eigenvalue weighted by Crippen LogP contribution is -2.32. The van der Waals surface area contributed by atoms with Crippen molar-refractivity contribution in [1.29, 1.82) is 0 Å². The number of carbonyl (C=O) groups excluding carboxylic acids is 1. The standard InChI is InChI=1S/C19H15N3O4S/c1-13(23)20-15-7-8-17-18(11-15)27(24,25)21-19(14-9-10-26-12-14)22(17)16-5-3-2-4-6-16/h2-12H,1H3,(H,20,23). The van der Waals surface area contributed by atoms with E-state index >= 15 is 0 Å². The number of furan rings is 1. The molecule has 0 radical (unpaired) electrons. The quantitative estimate of drug-likeness (QED) is 0.749. The number of para-hydroxylation sites is 1. The Bertz CT molecular complexity index is 1140. The molecule has 0 aliphatic carbocycles. The maximum Gasteiger partial charge on any atom is 0.286 e. The smallest absolute Gasteiger partial charge is 0.286 e. The van der Waals surface area contributed by atoms with E-state index in [1.807, 2.05) is 30.3 Å². The molecule has 136 valence electrons. The number of rotatable bonds is 3. The molecule has 0 atom stereocenters. The summed E-state index contributed by atoms with van der Waals surface area (Å²) >= 11 is 0. The van der Waals surface area contributed by atoms with Gasteiger partial charge in [-0.15, -0.1) is 4.40 Å². The molecule has 1 aliphatic heterocycles. The van der Waals surface area contributed by atoms with E-state index in [0.717, 1.165) is 5.69 Å². The van der Waals surface area contributed by atoms with E-state index < -0.39 is 10.0 Å². The van der Waals surface area contributed by atoms with Crippen molar-refractivity contribution in [2.24, 2.45) is 4.40 Å². The van der Waals surface area contributed by atoms with E-state index in [1.165, 1.54) is 25.5 Å². The molecule has 4 rings (SSSR count).